The van der Waals surface area contributed by atoms with Crippen LogP contribution in [0.1, 0.15) is 37.2 Å². The average molecular weight is 398 g/mol. The number of hydrogen-bond acceptors (Lipinski definition) is 6. The van der Waals surface area contributed by atoms with Crippen LogP contribution in [0.3, 0.4) is 0 Å². The van der Waals surface area contributed by atoms with Gasteiger partial charge in [-0.05, 0) is 25.0 Å². The van der Waals surface area contributed by atoms with Gasteiger partial charge >= 0.3 is 0 Å². The van der Waals surface area contributed by atoms with E-state index in [0.29, 0.717) is 18.8 Å². The summed E-state index contributed by atoms with van der Waals surface area (Å²) in [6, 6.07) is 7.99. The third-order valence-electron chi connectivity index (χ3n) is 5.16. The number of aromatic nitrogens is 2. The Morgan fingerprint density at radius 3 is 2.31 bits per heavy atom. The zero-order chi connectivity index (χ0) is 20.6. The molecule has 1 amide bonds. The summed E-state index contributed by atoms with van der Waals surface area (Å²) < 4.78 is 5.46. The number of anilines is 2. The van der Waals surface area contributed by atoms with Crippen molar-refractivity contribution < 1.29 is 9.53 Å². The lowest BCUT2D eigenvalue weighted by Gasteiger charge is -2.36. The molecule has 0 atom stereocenters. The summed E-state index contributed by atoms with van der Waals surface area (Å²) in [6.45, 7) is 9.02. The number of nitrogens with zero attached hydrogens (tertiary/aromatic N) is 5. The number of para-hydroxylation sites is 2. The molecule has 1 aliphatic rings. The molecule has 0 aliphatic carbocycles. The highest BCUT2D eigenvalue weighted by Crippen LogP contribution is 2.28. The Morgan fingerprint density at radius 1 is 1.03 bits per heavy atom. The van der Waals surface area contributed by atoms with Crippen LogP contribution in [0.15, 0.2) is 36.7 Å². The maximum absolute atomic E-state index is 12.9. The summed E-state index contributed by atoms with van der Waals surface area (Å²) in [7, 11) is 1.68. The first-order valence-corrected chi connectivity index (χ1v) is 10.4. The molecule has 1 saturated heterocycles. The normalized spacial score (nSPS) is 14.0. The molecule has 29 heavy (non-hydrogen) atoms. The quantitative estimate of drug-likeness (QED) is 0.682. The molecule has 1 aromatic heterocycles. The maximum Gasteiger partial charge on any atom is 0.274 e. The fourth-order valence-corrected chi connectivity index (χ4v) is 3.68. The molecule has 0 unspecified atom stereocenters. The van der Waals surface area contributed by atoms with Gasteiger partial charge in [0.25, 0.3) is 5.91 Å². The molecule has 3 rings (SSSR count). The molecule has 156 valence electrons. The van der Waals surface area contributed by atoms with Gasteiger partial charge in [-0.2, -0.15) is 0 Å². The summed E-state index contributed by atoms with van der Waals surface area (Å²) in [5.74, 6) is 1.64. The predicted molar refractivity (Wildman–Crippen MR) is 116 cm³/mol. The summed E-state index contributed by atoms with van der Waals surface area (Å²) in [6.07, 6.45) is 5.45. The molecule has 1 fully saturated rings. The van der Waals surface area contributed by atoms with Crippen molar-refractivity contribution >= 4 is 17.4 Å². The molecule has 0 radical (unpaired) electrons. The predicted octanol–water partition coefficient (Wildman–Crippen LogP) is 3.07. The van der Waals surface area contributed by atoms with Crippen molar-refractivity contribution in [1.29, 1.82) is 0 Å². The van der Waals surface area contributed by atoms with Gasteiger partial charge in [-0.3, -0.25) is 4.79 Å². The number of benzene rings is 1. The summed E-state index contributed by atoms with van der Waals surface area (Å²) in [5.41, 5.74) is 1.48. The molecule has 0 spiro atoms. The van der Waals surface area contributed by atoms with E-state index in [9.17, 15) is 4.79 Å². The second-order valence-electron chi connectivity index (χ2n) is 7.20. The van der Waals surface area contributed by atoms with Gasteiger partial charge in [0.15, 0.2) is 0 Å². The van der Waals surface area contributed by atoms with E-state index in [0.717, 1.165) is 56.3 Å². The third-order valence-corrected chi connectivity index (χ3v) is 5.16. The minimum absolute atomic E-state index is 0.0544. The lowest BCUT2D eigenvalue weighted by molar-refractivity contribution is 0.0740. The monoisotopic (exact) mass is 397 g/mol. The average Bonchev–Trinajstić information content (AvgIpc) is 2.78. The molecular weight excluding hydrogens is 366 g/mol. The van der Waals surface area contributed by atoms with Gasteiger partial charge in [0.2, 0.25) is 0 Å². The van der Waals surface area contributed by atoms with E-state index < -0.39 is 0 Å². The molecule has 0 bridgehead atoms. The van der Waals surface area contributed by atoms with Gasteiger partial charge in [-0.15, -0.1) is 0 Å². The van der Waals surface area contributed by atoms with Crippen LogP contribution in [0.2, 0.25) is 0 Å². The molecule has 0 saturated carbocycles. The first-order valence-electron chi connectivity index (χ1n) is 10.4. The van der Waals surface area contributed by atoms with Crippen LogP contribution in [0, 0.1) is 0 Å². The van der Waals surface area contributed by atoms with Crippen LogP contribution in [-0.2, 0) is 0 Å². The van der Waals surface area contributed by atoms with E-state index in [-0.39, 0.29) is 5.91 Å². The van der Waals surface area contributed by atoms with Crippen LogP contribution >= 0.6 is 0 Å². The Labute approximate surface area is 173 Å². The zero-order valence-electron chi connectivity index (χ0n) is 17.7. The Balaban J connectivity index is 1.62. The van der Waals surface area contributed by atoms with Crippen LogP contribution in [-0.4, -0.2) is 67.2 Å². The summed E-state index contributed by atoms with van der Waals surface area (Å²) >= 11 is 0. The van der Waals surface area contributed by atoms with Crippen molar-refractivity contribution in [3.05, 3.63) is 42.4 Å². The number of piperazine rings is 1. The van der Waals surface area contributed by atoms with Crippen molar-refractivity contribution in [1.82, 2.24) is 14.9 Å². The highest BCUT2D eigenvalue weighted by atomic mass is 16.5. The standard InChI is InChI=1S/C22H31N5O2/c1-4-10-26(11-5-2)21-17-23-18(16-24-21)22(28)27-14-12-25(13-15-27)19-8-6-7-9-20(19)29-3/h6-9,16-17H,4-5,10-15H2,1-3H3. The Hall–Kier alpha value is -2.83. The van der Waals surface area contributed by atoms with Gasteiger partial charge in [-0.1, -0.05) is 26.0 Å². The van der Waals surface area contributed by atoms with Crippen molar-refractivity contribution in [2.45, 2.75) is 26.7 Å². The van der Waals surface area contributed by atoms with Gasteiger partial charge in [0, 0.05) is 39.3 Å². The molecule has 2 heterocycles. The number of carbonyl (C=O) groups excluding carboxylic acids is 1. The fourth-order valence-electron chi connectivity index (χ4n) is 3.68. The molecule has 1 aromatic carbocycles. The summed E-state index contributed by atoms with van der Waals surface area (Å²) in [5, 5.41) is 0. The van der Waals surface area contributed by atoms with Crippen LogP contribution < -0.4 is 14.5 Å². The van der Waals surface area contributed by atoms with E-state index in [1.54, 1.807) is 19.5 Å². The summed E-state index contributed by atoms with van der Waals surface area (Å²) in [4.78, 5) is 28.1. The smallest absolute Gasteiger partial charge is 0.274 e. The molecule has 2 aromatic rings. The lowest BCUT2D eigenvalue weighted by atomic mass is 10.2. The first kappa shape index (κ1) is 20.9. The molecule has 1 aliphatic heterocycles. The molecule has 7 heteroatoms. The van der Waals surface area contributed by atoms with Gasteiger partial charge in [0.1, 0.15) is 17.3 Å². The van der Waals surface area contributed by atoms with Crippen molar-refractivity contribution in [2.24, 2.45) is 0 Å². The first-order chi connectivity index (χ1) is 14.2. The maximum atomic E-state index is 12.9. The number of carbonyl (C=O) groups is 1. The lowest BCUT2D eigenvalue weighted by Crippen LogP contribution is -2.49. The molecule has 0 N–H and O–H groups in total. The van der Waals surface area contributed by atoms with E-state index in [1.165, 1.54) is 0 Å². The van der Waals surface area contributed by atoms with Gasteiger partial charge in [0.05, 0.1) is 25.2 Å². The Kier molecular flexibility index (Phi) is 7.27. The Morgan fingerprint density at radius 2 is 1.72 bits per heavy atom. The second kappa shape index (κ2) is 10.1. The molecule has 7 nitrogen and oxygen atoms in total. The number of rotatable bonds is 8. The van der Waals surface area contributed by atoms with Gasteiger partial charge in [-0.25, -0.2) is 9.97 Å². The zero-order valence-corrected chi connectivity index (χ0v) is 17.7. The van der Waals surface area contributed by atoms with E-state index in [4.69, 9.17) is 4.74 Å². The highest BCUT2D eigenvalue weighted by Gasteiger charge is 2.24. The van der Waals surface area contributed by atoms with Crippen molar-refractivity contribution in [3.8, 4) is 5.75 Å². The van der Waals surface area contributed by atoms with Crippen molar-refractivity contribution in [3.63, 3.8) is 0 Å². The number of hydrogen-bond donors (Lipinski definition) is 0. The highest BCUT2D eigenvalue weighted by molar-refractivity contribution is 5.92. The minimum atomic E-state index is -0.0544. The number of methoxy groups -OCH3 is 1. The topological polar surface area (TPSA) is 61.8 Å². The third kappa shape index (κ3) is 4.96. The fraction of sp³-hybridized carbons (Fsp3) is 0.500. The minimum Gasteiger partial charge on any atom is -0.495 e. The van der Waals surface area contributed by atoms with Gasteiger partial charge < -0.3 is 19.4 Å². The number of amides is 1. The van der Waals surface area contributed by atoms with Crippen molar-refractivity contribution in [2.75, 3.05) is 56.2 Å². The van der Waals surface area contributed by atoms with Crippen LogP contribution in [0.25, 0.3) is 0 Å². The number of ether oxygens (including phenoxy) is 1. The Bertz CT molecular complexity index is 782. The van der Waals surface area contributed by atoms with Crippen LogP contribution in [0.4, 0.5) is 11.5 Å². The largest absolute Gasteiger partial charge is 0.495 e. The molecular formula is C22H31N5O2. The second-order valence-corrected chi connectivity index (χ2v) is 7.20. The van der Waals surface area contributed by atoms with Crippen LogP contribution in [0.5, 0.6) is 5.75 Å². The van der Waals surface area contributed by atoms with E-state index in [1.807, 2.05) is 23.1 Å². The van der Waals surface area contributed by atoms with E-state index >= 15 is 0 Å². The SMILES string of the molecule is CCCN(CCC)c1cnc(C(=O)N2CCN(c3ccccc3OC)CC2)cn1. The van der Waals surface area contributed by atoms with E-state index in [2.05, 4.69) is 39.7 Å².